The second-order valence-electron chi connectivity index (χ2n) is 18.3. The Bertz CT molecular complexity index is 1130. The minimum Gasteiger partial charge on any atom is -0.394 e. The fraction of sp³-hybridized carbons (Fsp3) is 0.979. The number of aliphatic hydroxyl groups excluding tert-OH is 5. The predicted octanol–water partition coefficient (Wildman–Crippen LogP) is 9.53. The van der Waals surface area contributed by atoms with Crippen molar-refractivity contribution in [3.63, 3.8) is 0 Å². The van der Waals surface area contributed by atoms with Crippen molar-refractivity contribution in [3.05, 3.63) is 0 Å². The van der Waals surface area contributed by atoms with E-state index in [1.54, 1.807) is 0 Å². The van der Waals surface area contributed by atoms with Crippen molar-refractivity contribution in [1.82, 2.24) is 5.32 Å². The Morgan fingerprint density at radius 3 is 1.29 bits per heavy atom. The number of aliphatic hydroxyl groups is 5. The normalized spacial score (nSPS) is 20.9. The number of ether oxygens (including phenoxy) is 2. The van der Waals surface area contributed by atoms with Gasteiger partial charge in [-0.2, -0.15) is 8.42 Å². The Morgan fingerprint density at radius 2 is 0.935 bits per heavy atom. The molecule has 1 fully saturated rings. The SMILES string of the molecule is CCCCCCCCCCCCCCCCCCCCCC(O)C(COC1OC(CO)C(O)C(OS(=O)(=O)O)C1O)NC(=O)C(O)CCCCCCCCCCCCCCCC. The molecular weight excluding hydrogens is 815 g/mol. The summed E-state index contributed by atoms with van der Waals surface area (Å²) in [5.41, 5.74) is 0. The van der Waals surface area contributed by atoms with Gasteiger partial charge in [0.1, 0.15) is 30.5 Å². The first kappa shape index (κ1) is 59.1. The van der Waals surface area contributed by atoms with E-state index in [0.29, 0.717) is 19.3 Å². The quantitative estimate of drug-likeness (QED) is 0.0225. The summed E-state index contributed by atoms with van der Waals surface area (Å²) in [5, 5.41) is 55.5. The van der Waals surface area contributed by atoms with Gasteiger partial charge in [0.2, 0.25) is 5.91 Å². The van der Waals surface area contributed by atoms with E-state index in [2.05, 4.69) is 23.3 Å². The van der Waals surface area contributed by atoms with Gasteiger partial charge in [0, 0.05) is 0 Å². The van der Waals surface area contributed by atoms with Crippen molar-refractivity contribution < 1.29 is 57.0 Å². The van der Waals surface area contributed by atoms with Gasteiger partial charge in [-0.1, -0.05) is 226 Å². The van der Waals surface area contributed by atoms with Crippen molar-refractivity contribution >= 4 is 16.3 Å². The predicted molar refractivity (Wildman–Crippen MR) is 247 cm³/mol. The smallest absolute Gasteiger partial charge is 0.394 e. The maximum Gasteiger partial charge on any atom is 0.397 e. The van der Waals surface area contributed by atoms with E-state index >= 15 is 0 Å². The van der Waals surface area contributed by atoms with Crippen LogP contribution in [0.25, 0.3) is 0 Å². The lowest BCUT2D eigenvalue weighted by Crippen LogP contribution is -2.61. The van der Waals surface area contributed by atoms with Crippen molar-refractivity contribution in [2.24, 2.45) is 0 Å². The monoisotopic (exact) mass is 910 g/mol. The lowest BCUT2D eigenvalue weighted by Gasteiger charge is -2.41. The highest BCUT2D eigenvalue weighted by molar-refractivity contribution is 7.80. The van der Waals surface area contributed by atoms with Crippen molar-refractivity contribution in [2.75, 3.05) is 13.2 Å². The first-order valence-corrected chi connectivity index (χ1v) is 26.9. The maximum absolute atomic E-state index is 13.1. The van der Waals surface area contributed by atoms with Gasteiger partial charge < -0.3 is 40.3 Å². The van der Waals surface area contributed by atoms with Crippen LogP contribution in [0, 0.1) is 0 Å². The van der Waals surface area contributed by atoms with E-state index in [4.69, 9.17) is 9.47 Å². The zero-order valence-corrected chi connectivity index (χ0v) is 40.1. The Morgan fingerprint density at radius 1 is 0.581 bits per heavy atom. The molecule has 8 atom stereocenters. The number of unbranched alkanes of at least 4 members (excludes halogenated alkanes) is 31. The van der Waals surface area contributed by atoms with Crippen molar-refractivity contribution in [2.45, 2.75) is 288 Å². The maximum atomic E-state index is 13.1. The standard InChI is InChI=1S/C48H95NO12S/c1-3-5-7-9-11-13-15-17-19-20-21-22-23-25-26-28-30-32-34-36-41(51)40(39-59-48-45(54)46(61-62(56,57)58)44(53)43(38-50)60-48)49-47(55)42(52)37-35-33-31-29-27-24-18-16-14-12-10-8-6-4-2/h40-46,48,50-54H,3-39H2,1-2H3,(H,49,55)(H,56,57,58). The van der Waals surface area contributed by atoms with E-state index in [1.165, 1.54) is 161 Å². The molecule has 7 N–H and O–H groups in total. The molecule has 0 radical (unpaired) electrons. The van der Waals surface area contributed by atoms with Gasteiger partial charge in [0.05, 0.1) is 25.4 Å². The van der Waals surface area contributed by atoms with Crippen LogP contribution >= 0.6 is 0 Å². The molecule has 62 heavy (non-hydrogen) atoms. The average molecular weight is 910 g/mol. The molecule has 370 valence electrons. The van der Waals surface area contributed by atoms with Crippen LogP contribution in [0.4, 0.5) is 0 Å². The number of carbonyl (C=O) groups excluding carboxylic acids is 1. The third-order valence-corrected chi connectivity index (χ3v) is 13.0. The van der Waals surface area contributed by atoms with Gasteiger partial charge in [0.25, 0.3) is 0 Å². The van der Waals surface area contributed by atoms with Crippen LogP contribution in [0.1, 0.15) is 239 Å². The molecule has 1 amide bonds. The van der Waals surface area contributed by atoms with Crippen LogP contribution in [0.3, 0.4) is 0 Å². The molecular formula is C48H95NO12S. The van der Waals surface area contributed by atoms with Crippen LogP contribution in [0.15, 0.2) is 0 Å². The number of nitrogens with one attached hydrogen (secondary N) is 1. The summed E-state index contributed by atoms with van der Waals surface area (Å²) in [6, 6.07) is -1.03. The molecule has 8 unspecified atom stereocenters. The highest BCUT2D eigenvalue weighted by Gasteiger charge is 2.48. The molecule has 0 aromatic heterocycles. The molecule has 0 aromatic rings. The van der Waals surface area contributed by atoms with Gasteiger partial charge >= 0.3 is 10.4 Å². The summed E-state index contributed by atoms with van der Waals surface area (Å²) >= 11 is 0. The van der Waals surface area contributed by atoms with Crippen LogP contribution in [0.5, 0.6) is 0 Å². The fourth-order valence-corrected chi connectivity index (χ4v) is 8.98. The molecule has 1 rings (SSSR count). The van der Waals surface area contributed by atoms with Crippen LogP contribution in [-0.4, -0.2) is 107 Å². The molecule has 1 aliphatic heterocycles. The van der Waals surface area contributed by atoms with Gasteiger partial charge in [-0.25, -0.2) is 4.18 Å². The fourth-order valence-electron chi connectivity index (χ4n) is 8.47. The van der Waals surface area contributed by atoms with Gasteiger partial charge in [0.15, 0.2) is 6.29 Å². The van der Waals surface area contributed by atoms with E-state index in [0.717, 1.165) is 38.5 Å². The number of carbonyl (C=O) groups is 1. The summed E-state index contributed by atoms with van der Waals surface area (Å²) < 4.78 is 47.7. The summed E-state index contributed by atoms with van der Waals surface area (Å²) in [6.07, 6.45) is 29.9. The molecule has 13 nitrogen and oxygen atoms in total. The third-order valence-electron chi connectivity index (χ3n) is 12.5. The third kappa shape index (κ3) is 31.1. The zero-order chi connectivity index (χ0) is 45.7. The minimum atomic E-state index is -5.11. The summed E-state index contributed by atoms with van der Waals surface area (Å²) in [4.78, 5) is 13.1. The molecule has 0 aliphatic carbocycles. The zero-order valence-electron chi connectivity index (χ0n) is 39.3. The van der Waals surface area contributed by atoms with E-state index in [-0.39, 0.29) is 6.42 Å². The molecule has 0 saturated carbocycles. The Kier molecular flexibility index (Phi) is 37.4. The molecule has 0 bridgehead atoms. The van der Waals surface area contributed by atoms with E-state index in [9.17, 15) is 43.3 Å². The van der Waals surface area contributed by atoms with Crippen LogP contribution in [0.2, 0.25) is 0 Å². The Labute approximate surface area is 378 Å². The summed E-state index contributed by atoms with van der Waals surface area (Å²) in [5.74, 6) is -0.665. The van der Waals surface area contributed by atoms with Gasteiger partial charge in [-0.05, 0) is 12.8 Å². The van der Waals surface area contributed by atoms with Crippen LogP contribution < -0.4 is 5.32 Å². The molecule has 1 saturated heterocycles. The second-order valence-corrected chi connectivity index (χ2v) is 19.3. The van der Waals surface area contributed by atoms with Gasteiger partial charge in [-0.3, -0.25) is 9.35 Å². The molecule has 1 heterocycles. The Balaban J connectivity index is 2.49. The lowest BCUT2D eigenvalue weighted by molar-refractivity contribution is -0.298. The second kappa shape index (κ2) is 39.2. The van der Waals surface area contributed by atoms with Gasteiger partial charge in [-0.15, -0.1) is 0 Å². The van der Waals surface area contributed by atoms with E-state index < -0.39 is 78.5 Å². The largest absolute Gasteiger partial charge is 0.397 e. The summed E-state index contributed by atoms with van der Waals surface area (Å²) in [6.45, 7) is 3.31. The van der Waals surface area contributed by atoms with Crippen molar-refractivity contribution in [3.8, 4) is 0 Å². The highest BCUT2D eigenvalue weighted by atomic mass is 32.3. The number of rotatable bonds is 44. The first-order valence-electron chi connectivity index (χ1n) is 25.5. The molecule has 0 aromatic carbocycles. The number of hydrogen-bond acceptors (Lipinski definition) is 11. The molecule has 0 spiro atoms. The van der Waals surface area contributed by atoms with Crippen LogP contribution in [-0.2, 0) is 28.9 Å². The Hall–Kier alpha value is -0.940. The first-order chi connectivity index (χ1) is 29.9. The summed E-state index contributed by atoms with van der Waals surface area (Å²) in [7, 11) is -5.11. The molecule has 1 aliphatic rings. The minimum absolute atomic E-state index is 0.266. The lowest BCUT2D eigenvalue weighted by atomic mass is 9.99. The highest BCUT2D eigenvalue weighted by Crippen LogP contribution is 2.26. The number of hydrogen-bond donors (Lipinski definition) is 7. The molecule has 14 heteroatoms. The van der Waals surface area contributed by atoms with Crippen molar-refractivity contribution in [1.29, 1.82) is 0 Å². The number of amides is 1. The topological polar surface area (TPSA) is 212 Å². The average Bonchev–Trinajstić information content (AvgIpc) is 3.24. The van der Waals surface area contributed by atoms with E-state index in [1.807, 2.05) is 0 Å².